The highest BCUT2D eigenvalue weighted by Gasteiger charge is 2.10. The largest absolute Gasteiger partial charge is 0.398 e. The van der Waals surface area contributed by atoms with Crippen LogP contribution in [0.4, 0.5) is 5.69 Å². The van der Waals surface area contributed by atoms with Crippen molar-refractivity contribution < 1.29 is 0 Å². The van der Waals surface area contributed by atoms with Gasteiger partial charge in [0, 0.05) is 16.3 Å². The van der Waals surface area contributed by atoms with E-state index in [1.807, 2.05) is 47.1 Å². The van der Waals surface area contributed by atoms with E-state index < -0.39 is 0 Å². The zero-order valence-corrected chi connectivity index (χ0v) is 10.9. The van der Waals surface area contributed by atoms with Crippen molar-refractivity contribution in [2.24, 2.45) is 0 Å². The van der Waals surface area contributed by atoms with Gasteiger partial charge < -0.3 is 5.73 Å². The lowest BCUT2D eigenvalue weighted by atomic mass is 10.1. The smallest absolute Gasteiger partial charge is 0.0762 e. The van der Waals surface area contributed by atoms with Crippen LogP contribution in [-0.2, 0) is 0 Å². The van der Waals surface area contributed by atoms with Crippen LogP contribution in [0.5, 0.6) is 0 Å². The molecule has 0 spiro atoms. The van der Waals surface area contributed by atoms with Gasteiger partial charge in [-0.1, -0.05) is 29.8 Å². The second kappa shape index (κ2) is 4.78. The first-order valence-corrected chi connectivity index (χ1v) is 6.28. The van der Waals surface area contributed by atoms with Gasteiger partial charge in [-0.25, -0.2) is 4.68 Å². The number of hydrogen-bond acceptors (Lipinski definition) is 2. The molecule has 3 aromatic rings. The summed E-state index contributed by atoms with van der Waals surface area (Å²) in [6.07, 6.45) is 1.75. The Balaban J connectivity index is 2.18. The van der Waals surface area contributed by atoms with Gasteiger partial charge in [0.2, 0.25) is 0 Å². The van der Waals surface area contributed by atoms with E-state index in [1.165, 1.54) is 0 Å². The lowest BCUT2D eigenvalue weighted by Gasteiger charge is -2.10. The molecular formula is C15H12ClN3. The highest BCUT2D eigenvalue weighted by molar-refractivity contribution is 6.31. The Morgan fingerprint density at radius 1 is 1.00 bits per heavy atom. The maximum absolute atomic E-state index is 6.05. The topological polar surface area (TPSA) is 43.8 Å². The fraction of sp³-hybridized carbons (Fsp3) is 0. The van der Waals surface area contributed by atoms with Crippen molar-refractivity contribution in [3.05, 3.63) is 65.8 Å². The number of para-hydroxylation sites is 1. The highest BCUT2D eigenvalue weighted by Crippen LogP contribution is 2.30. The van der Waals surface area contributed by atoms with Gasteiger partial charge in [0.1, 0.15) is 0 Å². The van der Waals surface area contributed by atoms with Gasteiger partial charge in [-0.3, -0.25) is 0 Å². The van der Waals surface area contributed by atoms with Crippen molar-refractivity contribution in [1.82, 2.24) is 9.78 Å². The molecule has 2 aromatic carbocycles. The molecule has 3 nitrogen and oxygen atoms in total. The van der Waals surface area contributed by atoms with Gasteiger partial charge in [-0.05, 0) is 36.4 Å². The van der Waals surface area contributed by atoms with E-state index in [0.717, 1.165) is 16.9 Å². The fourth-order valence-corrected chi connectivity index (χ4v) is 2.20. The van der Waals surface area contributed by atoms with Gasteiger partial charge in [-0.2, -0.15) is 5.10 Å². The first kappa shape index (κ1) is 11.8. The molecule has 0 bridgehead atoms. The van der Waals surface area contributed by atoms with E-state index in [1.54, 1.807) is 18.3 Å². The molecule has 0 aliphatic rings. The molecular weight excluding hydrogens is 258 g/mol. The number of halogens is 1. The zero-order chi connectivity index (χ0) is 13.2. The molecule has 0 amide bonds. The Hall–Kier alpha value is -2.26. The molecule has 0 unspecified atom stereocenters. The second-order valence-corrected chi connectivity index (χ2v) is 4.63. The molecule has 0 aliphatic carbocycles. The number of benzene rings is 2. The summed E-state index contributed by atoms with van der Waals surface area (Å²) in [7, 11) is 0. The Morgan fingerprint density at radius 3 is 2.58 bits per heavy atom. The SMILES string of the molecule is Nc1ccc(Cl)cc1-c1ccnn1-c1ccccc1. The van der Waals surface area contributed by atoms with Crippen LogP contribution in [0.3, 0.4) is 0 Å². The van der Waals surface area contributed by atoms with Crippen LogP contribution in [0.15, 0.2) is 60.8 Å². The third kappa shape index (κ3) is 2.20. The van der Waals surface area contributed by atoms with Crippen LogP contribution in [0, 0.1) is 0 Å². The van der Waals surface area contributed by atoms with Gasteiger partial charge in [0.05, 0.1) is 17.6 Å². The number of nitrogens with two attached hydrogens (primary N) is 1. The van der Waals surface area contributed by atoms with Crippen molar-refractivity contribution >= 4 is 17.3 Å². The lowest BCUT2D eigenvalue weighted by Crippen LogP contribution is -2.00. The van der Waals surface area contributed by atoms with Crippen molar-refractivity contribution in [2.75, 3.05) is 5.73 Å². The minimum absolute atomic E-state index is 0.657. The normalized spacial score (nSPS) is 10.6. The summed E-state index contributed by atoms with van der Waals surface area (Å²) in [6.45, 7) is 0. The number of nitrogen functional groups attached to an aromatic ring is 1. The third-order valence-electron chi connectivity index (χ3n) is 2.93. The van der Waals surface area contributed by atoms with Crippen molar-refractivity contribution in [3.8, 4) is 16.9 Å². The predicted molar refractivity (Wildman–Crippen MR) is 78.4 cm³/mol. The van der Waals surface area contributed by atoms with Crippen molar-refractivity contribution in [3.63, 3.8) is 0 Å². The summed E-state index contributed by atoms with van der Waals surface area (Å²) < 4.78 is 1.85. The molecule has 0 fully saturated rings. The van der Waals surface area contributed by atoms with E-state index in [9.17, 15) is 0 Å². The zero-order valence-electron chi connectivity index (χ0n) is 10.1. The molecule has 3 rings (SSSR count). The summed E-state index contributed by atoms with van der Waals surface area (Å²) >= 11 is 6.05. The number of nitrogens with zero attached hydrogens (tertiary/aromatic N) is 2. The minimum Gasteiger partial charge on any atom is -0.398 e. The Labute approximate surface area is 116 Å². The number of anilines is 1. The summed E-state index contributed by atoms with van der Waals surface area (Å²) in [6, 6.07) is 17.3. The van der Waals surface area contributed by atoms with E-state index in [0.29, 0.717) is 10.7 Å². The van der Waals surface area contributed by atoms with Crippen LogP contribution in [-0.4, -0.2) is 9.78 Å². The molecule has 0 radical (unpaired) electrons. The van der Waals surface area contributed by atoms with E-state index >= 15 is 0 Å². The first-order chi connectivity index (χ1) is 9.25. The van der Waals surface area contributed by atoms with Crippen LogP contribution < -0.4 is 5.73 Å². The molecule has 0 atom stereocenters. The maximum Gasteiger partial charge on any atom is 0.0762 e. The van der Waals surface area contributed by atoms with Gasteiger partial charge in [-0.15, -0.1) is 0 Å². The molecule has 19 heavy (non-hydrogen) atoms. The van der Waals surface area contributed by atoms with Crippen molar-refractivity contribution in [1.29, 1.82) is 0 Å². The highest BCUT2D eigenvalue weighted by atomic mass is 35.5. The molecule has 0 saturated carbocycles. The van der Waals surface area contributed by atoms with E-state index in [4.69, 9.17) is 17.3 Å². The number of hydrogen-bond donors (Lipinski definition) is 1. The molecule has 1 aromatic heterocycles. The number of aromatic nitrogens is 2. The average Bonchev–Trinajstić information content (AvgIpc) is 2.91. The van der Waals surface area contributed by atoms with E-state index in [2.05, 4.69) is 5.10 Å². The Kier molecular flexibility index (Phi) is 2.97. The fourth-order valence-electron chi connectivity index (χ4n) is 2.03. The molecule has 1 heterocycles. The minimum atomic E-state index is 0.657. The monoisotopic (exact) mass is 269 g/mol. The predicted octanol–water partition coefficient (Wildman–Crippen LogP) is 3.77. The van der Waals surface area contributed by atoms with Crippen LogP contribution in [0.1, 0.15) is 0 Å². The van der Waals surface area contributed by atoms with Crippen LogP contribution >= 0.6 is 11.6 Å². The average molecular weight is 270 g/mol. The van der Waals surface area contributed by atoms with Gasteiger partial charge in [0.25, 0.3) is 0 Å². The standard InChI is InChI=1S/C15H12ClN3/c16-11-6-7-14(17)13(10-11)15-8-9-18-19(15)12-4-2-1-3-5-12/h1-10H,17H2. The molecule has 2 N–H and O–H groups in total. The van der Waals surface area contributed by atoms with Crippen LogP contribution in [0.2, 0.25) is 5.02 Å². The maximum atomic E-state index is 6.05. The second-order valence-electron chi connectivity index (χ2n) is 4.20. The molecule has 94 valence electrons. The summed E-state index contributed by atoms with van der Waals surface area (Å²) in [5.41, 5.74) is 9.50. The summed E-state index contributed by atoms with van der Waals surface area (Å²) in [5, 5.41) is 5.01. The van der Waals surface area contributed by atoms with Gasteiger partial charge >= 0.3 is 0 Å². The third-order valence-corrected chi connectivity index (χ3v) is 3.17. The lowest BCUT2D eigenvalue weighted by molar-refractivity contribution is 0.888. The summed E-state index contributed by atoms with van der Waals surface area (Å²) in [5.74, 6) is 0. The molecule has 0 aliphatic heterocycles. The Bertz CT molecular complexity index is 704. The van der Waals surface area contributed by atoms with E-state index in [-0.39, 0.29) is 0 Å². The quantitative estimate of drug-likeness (QED) is 0.720. The first-order valence-electron chi connectivity index (χ1n) is 5.90. The van der Waals surface area contributed by atoms with Crippen molar-refractivity contribution in [2.45, 2.75) is 0 Å². The Morgan fingerprint density at radius 2 is 1.79 bits per heavy atom. The van der Waals surface area contributed by atoms with Crippen LogP contribution in [0.25, 0.3) is 16.9 Å². The number of rotatable bonds is 2. The molecule has 0 saturated heterocycles. The molecule has 4 heteroatoms. The van der Waals surface area contributed by atoms with Gasteiger partial charge in [0.15, 0.2) is 0 Å². The summed E-state index contributed by atoms with van der Waals surface area (Å²) in [4.78, 5) is 0.